The van der Waals surface area contributed by atoms with Gasteiger partial charge in [0.15, 0.2) is 0 Å². The number of aliphatic hydroxyl groups is 1. The summed E-state index contributed by atoms with van der Waals surface area (Å²) in [4.78, 5) is 6.75. The van der Waals surface area contributed by atoms with Gasteiger partial charge in [0.05, 0.1) is 5.56 Å². The molecule has 0 atom stereocenters. The van der Waals surface area contributed by atoms with Gasteiger partial charge in [0.25, 0.3) is 0 Å². The van der Waals surface area contributed by atoms with Gasteiger partial charge in [-0.2, -0.15) is 5.26 Å². The van der Waals surface area contributed by atoms with E-state index in [-0.39, 0.29) is 0 Å². The second-order valence-corrected chi connectivity index (χ2v) is 10.9. The van der Waals surface area contributed by atoms with Crippen LogP contribution in [0, 0.1) is 18.3 Å². The molecule has 0 saturated carbocycles. The van der Waals surface area contributed by atoms with Crippen LogP contribution in [-0.4, -0.2) is 35.2 Å². The number of pyridine rings is 1. The second-order valence-electron chi connectivity index (χ2n) is 10.9. The molecule has 0 amide bonds. The van der Waals surface area contributed by atoms with Crippen LogP contribution in [0.25, 0.3) is 11.1 Å². The maximum absolute atomic E-state index is 9.29. The van der Waals surface area contributed by atoms with Crippen molar-refractivity contribution in [3.05, 3.63) is 112 Å². The standard InChI is InChI=1S/C35H35N3O2.C2H6.CH4O/c1-25-29(11-7-12-30(25)28-9-3-2-4-10-28)24-40-34-18-35(39-23-27-17-26(19-36)20-37-21-27)33(22-38-15-5-6-16-38)31-13-8-14-32(31)34;2*1-2/h2-4,7,9-12,17-18,20-21H,5-6,8,13-16,22-24H2,1H3;1-2H3;2H,1H3. The van der Waals surface area contributed by atoms with Gasteiger partial charge in [-0.1, -0.05) is 62.4 Å². The minimum Gasteiger partial charge on any atom is -0.488 e. The van der Waals surface area contributed by atoms with Crippen molar-refractivity contribution >= 4 is 0 Å². The number of aromatic nitrogens is 1. The maximum Gasteiger partial charge on any atom is 0.128 e. The Morgan fingerprint density at radius 3 is 2.32 bits per heavy atom. The molecule has 0 radical (unpaired) electrons. The summed E-state index contributed by atoms with van der Waals surface area (Å²) in [6.45, 7) is 10.2. The Morgan fingerprint density at radius 1 is 0.841 bits per heavy atom. The quantitative estimate of drug-likeness (QED) is 0.214. The molecule has 0 unspecified atom stereocenters. The SMILES string of the molecule is CC.CO.Cc1c(COc2cc(OCc3cncc(C#N)c3)c(CN3CCCC3)c3c2CCC3)cccc1-c1ccccc1. The summed E-state index contributed by atoms with van der Waals surface area (Å²) in [5.74, 6) is 1.82. The number of hydrogen-bond acceptors (Lipinski definition) is 6. The largest absolute Gasteiger partial charge is 0.488 e. The van der Waals surface area contributed by atoms with Gasteiger partial charge < -0.3 is 14.6 Å². The van der Waals surface area contributed by atoms with E-state index in [4.69, 9.17) is 14.6 Å². The fourth-order valence-electron chi connectivity index (χ4n) is 6.10. The first kappa shape index (κ1) is 32.7. The third kappa shape index (κ3) is 7.85. The van der Waals surface area contributed by atoms with E-state index < -0.39 is 0 Å². The van der Waals surface area contributed by atoms with Crippen LogP contribution in [0.1, 0.15) is 72.1 Å². The fraction of sp³-hybridized carbons (Fsp3) is 0.368. The Kier molecular flexibility index (Phi) is 12.4. The molecule has 1 aliphatic carbocycles. The number of aliphatic hydroxyl groups excluding tert-OH is 1. The first-order valence-corrected chi connectivity index (χ1v) is 15.8. The highest BCUT2D eigenvalue weighted by molar-refractivity contribution is 5.68. The number of hydrogen-bond donors (Lipinski definition) is 1. The van der Waals surface area contributed by atoms with Crippen molar-refractivity contribution in [2.75, 3.05) is 20.2 Å². The Balaban J connectivity index is 0.00000106. The van der Waals surface area contributed by atoms with Crippen LogP contribution in [-0.2, 0) is 32.6 Å². The van der Waals surface area contributed by atoms with Crippen LogP contribution in [0.15, 0.2) is 73.1 Å². The van der Waals surface area contributed by atoms with Crippen molar-refractivity contribution in [1.29, 1.82) is 5.26 Å². The number of fused-ring (bicyclic) bond motifs is 1. The molecule has 6 heteroatoms. The van der Waals surface area contributed by atoms with E-state index in [1.54, 1.807) is 12.4 Å². The molecule has 4 aromatic rings. The predicted molar refractivity (Wildman–Crippen MR) is 177 cm³/mol. The van der Waals surface area contributed by atoms with Crippen molar-refractivity contribution in [3.63, 3.8) is 0 Å². The smallest absolute Gasteiger partial charge is 0.128 e. The summed E-state index contributed by atoms with van der Waals surface area (Å²) in [6.07, 6.45) is 9.10. The number of nitriles is 1. The van der Waals surface area contributed by atoms with Gasteiger partial charge in [-0.25, -0.2) is 0 Å². The van der Waals surface area contributed by atoms with Crippen molar-refractivity contribution < 1.29 is 14.6 Å². The average Bonchev–Trinajstić information content (AvgIpc) is 3.80. The lowest BCUT2D eigenvalue weighted by Crippen LogP contribution is -2.20. The van der Waals surface area contributed by atoms with E-state index in [0.717, 1.165) is 63.1 Å². The van der Waals surface area contributed by atoms with Crippen LogP contribution in [0.4, 0.5) is 0 Å². The number of likely N-dealkylation sites (tertiary alicyclic amines) is 1. The maximum atomic E-state index is 9.29. The van der Waals surface area contributed by atoms with Gasteiger partial charge in [-0.05, 0) is 91.6 Å². The van der Waals surface area contributed by atoms with Gasteiger partial charge in [-0.3, -0.25) is 9.88 Å². The monoisotopic (exact) mass is 591 g/mol. The molecular weight excluding hydrogens is 546 g/mol. The second kappa shape index (κ2) is 16.6. The zero-order valence-electron chi connectivity index (χ0n) is 26.6. The highest BCUT2D eigenvalue weighted by atomic mass is 16.5. The summed E-state index contributed by atoms with van der Waals surface area (Å²) in [5, 5.41) is 16.3. The average molecular weight is 592 g/mol. The van der Waals surface area contributed by atoms with E-state index in [1.807, 2.05) is 19.9 Å². The number of rotatable bonds is 9. The number of benzene rings is 3. The zero-order chi connectivity index (χ0) is 31.3. The van der Waals surface area contributed by atoms with E-state index >= 15 is 0 Å². The lowest BCUT2D eigenvalue weighted by Gasteiger charge is -2.23. The Morgan fingerprint density at radius 2 is 1.57 bits per heavy atom. The number of ether oxygens (including phenoxy) is 2. The normalized spacial score (nSPS) is 13.5. The van der Waals surface area contributed by atoms with Gasteiger partial charge in [0.1, 0.15) is 30.8 Å². The molecule has 1 aliphatic heterocycles. The van der Waals surface area contributed by atoms with E-state index in [2.05, 4.69) is 77.5 Å². The molecule has 2 aliphatic rings. The Labute approximate surface area is 262 Å². The molecule has 6 nitrogen and oxygen atoms in total. The summed E-state index contributed by atoms with van der Waals surface area (Å²) in [7, 11) is 1.00. The molecule has 1 aromatic heterocycles. The highest BCUT2D eigenvalue weighted by Crippen LogP contribution is 2.41. The topological polar surface area (TPSA) is 78.6 Å². The van der Waals surface area contributed by atoms with Crippen LogP contribution >= 0.6 is 0 Å². The van der Waals surface area contributed by atoms with E-state index in [0.29, 0.717) is 18.8 Å². The molecule has 230 valence electrons. The molecule has 1 saturated heterocycles. The van der Waals surface area contributed by atoms with Gasteiger partial charge in [0.2, 0.25) is 0 Å². The van der Waals surface area contributed by atoms with E-state index in [1.165, 1.54) is 51.8 Å². The van der Waals surface area contributed by atoms with Crippen LogP contribution < -0.4 is 9.47 Å². The predicted octanol–water partition coefficient (Wildman–Crippen LogP) is 7.81. The third-order valence-electron chi connectivity index (χ3n) is 8.25. The van der Waals surface area contributed by atoms with Crippen LogP contribution in [0.3, 0.4) is 0 Å². The van der Waals surface area contributed by atoms with Crippen molar-refractivity contribution in [2.45, 2.75) is 72.6 Å². The summed E-state index contributed by atoms with van der Waals surface area (Å²) in [6, 6.07) is 23.1. The first-order valence-electron chi connectivity index (χ1n) is 15.8. The molecule has 3 aromatic carbocycles. The zero-order valence-corrected chi connectivity index (χ0v) is 26.6. The van der Waals surface area contributed by atoms with Gasteiger partial charge in [-0.15, -0.1) is 0 Å². The molecule has 2 heterocycles. The summed E-state index contributed by atoms with van der Waals surface area (Å²) in [5.41, 5.74) is 10.4. The Hall–Kier alpha value is -4.18. The minimum absolute atomic E-state index is 0.367. The van der Waals surface area contributed by atoms with Crippen LogP contribution in [0.5, 0.6) is 11.5 Å². The van der Waals surface area contributed by atoms with E-state index in [9.17, 15) is 5.26 Å². The Bertz CT molecular complexity index is 1540. The fourth-order valence-corrected chi connectivity index (χ4v) is 6.10. The minimum atomic E-state index is 0.367. The van der Waals surface area contributed by atoms with Crippen molar-refractivity contribution in [3.8, 4) is 28.7 Å². The van der Waals surface area contributed by atoms with Crippen molar-refractivity contribution in [1.82, 2.24) is 9.88 Å². The van der Waals surface area contributed by atoms with Gasteiger partial charge in [0, 0.05) is 43.2 Å². The molecule has 6 rings (SSSR count). The van der Waals surface area contributed by atoms with Crippen LogP contribution in [0.2, 0.25) is 0 Å². The molecule has 44 heavy (non-hydrogen) atoms. The molecule has 0 bridgehead atoms. The molecule has 0 spiro atoms. The van der Waals surface area contributed by atoms with Crippen molar-refractivity contribution in [2.24, 2.45) is 0 Å². The summed E-state index contributed by atoms with van der Waals surface area (Å²) < 4.78 is 13.1. The lowest BCUT2D eigenvalue weighted by atomic mass is 9.97. The molecular formula is C38H45N3O3. The first-order chi connectivity index (χ1) is 21.7. The molecule has 1 fully saturated rings. The number of nitrogens with zero attached hydrogens (tertiary/aromatic N) is 3. The van der Waals surface area contributed by atoms with Gasteiger partial charge >= 0.3 is 0 Å². The summed E-state index contributed by atoms with van der Waals surface area (Å²) >= 11 is 0. The highest BCUT2D eigenvalue weighted by Gasteiger charge is 2.26. The third-order valence-corrected chi connectivity index (χ3v) is 8.25. The molecule has 1 N–H and O–H groups in total. The lowest BCUT2D eigenvalue weighted by molar-refractivity contribution is 0.275.